The molecule has 2 heterocycles. The number of nitrogens with zero attached hydrogens (tertiary/aromatic N) is 1. The number of benzene rings is 2. The molecular weight excluding hydrogens is 574 g/mol. The quantitative estimate of drug-likeness (QED) is 0.310. The number of para-hydroxylation sites is 1. The normalized spacial score (nSPS) is 23.8. The Kier molecular flexibility index (Phi) is 11.2. The van der Waals surface area contributed by atoms with Crippen molar-refractivity contribution in [2.24, 2.45) is 0 Å². The van der Waals surface area contributed by atoms with Crippen LogP contribution in [-0.4, -0.2) is 85.5 Å². The highest BCUT2D eigenvalue weighted by molar-refractivity contribution is 5.68. The molecule has 0 amide bonds. The second kappa shape index (κ2) is 15.0. The van der Waals surface area contributed by atoms with Crippen LogP contribution in [0.5, 0.6) is 5.75 Å². The van der Waals surface area contributed by atoms with E-state index in [0.717, 1.165) is 56.6 Å². The van der Waals surface area contributed by atoms with Crippen molar-refractivity contribution in [2.75, 3.05) is 24.6 Å². The molecule has 2 aliphatic heterocycles. The van der Waals surface area contributed by atoms with E-state index in [4.69, 9.17) is 28.4 Å². The van der Waals surface area contributed by atoms with Gasteiger partial charge in [0, 0.05) is 52.9 Å². The summed E-state index contributed by atoms with van der Waals surface area (Å²) in [4.78, 5) is 50.1. The van der Waals surface area contributed by atoms with Crippen molar-refractivity contribution in [3.8, 4) is 5.75 Å². The van der Waals surface area contributed by atoms with Gasteiger partial charge in [-0.05, 0) is 42.2 Å². The molecule has 238 valence electrons. The van der Waals surface area contributed by atoms with Crippen molar-refractivity contribution in [1.29, 1.82) is 0 Å². The Morgan fingerprint density at radius 2 is 1.39 bits per heavy atom. The average Bonchev–Trinajstić information content (AvgIpc) is 2.96. The van der Waals surface area contributed by atoms with Gasteiger partial charge in [-0.3, -0.25) is 19.2 Å². The Balaban J connectivity index is 1.59. The van der Waals surface area contributed by atoms with Crippen LogP contribution in [0.1, 0.15) is 51.7 Å². The molecule has 1 N–H and O–H groups in total. The third-order valence-electron chi connectivity index (χ3n) is 7.32. The fraction of sp³-hybridized carbons (Fsp3) is 0.500. The molecule has 12 nitrogen and oxygen atoms in total. The third kappa shape index (κ3) is 8.93. The van der Waals surface area contributed by atoms with Gasteiger partial charge in [0.25, 0.3) is 0 Å². The predicted octanol–water partition coefficient (Wildman–Crippen LogP) is 2.70. The Hall–Kier alpha value is -4.16. The molecule has 2 aromatic rings. The molecule has 12 heteroatoms. The highest BCUT2D eigenvalue weighted by Gasteiger charge is 2.53. The van der Waals surface area contributed by atoms with Gasteiger partial charge in [-0.25, -0.2) is 0 Å². The van der Waals surface area contributed by atoms with Crippen molar-refractivity contribution in [3.63, 3.8) is 0 Å². The first kappa shape index (κ1) is 32.7. The fourth-order valence-corrected chi connectivity index (χ4v) is 5.34. The van der Waals surface area contributed by atoms with E-state index in [1.165, 1.54) is 13.8 Å². The van der Waals surface area contributed by atoms with Crippen LogP contribution in [0.2, 0.25) is 0 Å². The number of piperidine rings is 1. The summed E-state index contributed by atoms with van der Waals surface area (Å²) in [6.07, 6.45) is -4.62. The molecule has 0 unspecified atom stereocenters. The molecule has 0 aromatic heterocycles. The van der Waals surface area contributed by atoms with Crippen LogP contribution in [0, 0.1) is 0 Å². The molecule has 44 heavy (non-hydrogen) atoms. The lowest BCUT2D eigenvalue weighted by Gasteiger charge is -2.44. The summed E-state index contributed by atoms with van der Waals surface area (Å²) in [5.74, 6) is -2.32. The van der Waals surface area contributed by atoms with E-state index in [1.807, 2.05) is 24.3 Å². The summed E-state index contributed by atoms with van der Waals surface area (Å²) in [6, 6.07) is 15.4. The maximum absolute atomic E-state index is 12.2. The van der Waals surface area contributed by atoms with Crippen molar-refractivity contribution in [3.05, 3.63) is 59.7 Å². The number of carbonyl (C=O) groups is 4. The zero-order valence-corrected chi connectivity index (χ0v) is 25.3. The van der Waals surface area contributed by atoms with Crippen LogP contribution >= 0.6 is 0 Å². The topological polar surface area (TPSA) is 147 Å². The number of esters is 4. The lowest BCUT2D eigenvalue weighted by molar-refractivity contribution is -0.288. The minimum absolute atomic E-state index is 0.246. The Bertz CT molecular complexity index is 1310. The molecule has 0 bridgehead atoms. The van der Waals surface area contributed by atoms with Gasteiger partial charge in [-0.15, -0.1) is 0 Å². The summed E-state index contributed by atoms with van der Waals surface area (Å²) in [5, 5.41) is 9.82. The van der Waals surface area contributed by atoms with Gasteiger partial charge in [0.1, 0.15) is 18.5 Å². The van der Waals surface area contributed by atoms with E-state index in [2.05, 4.69) is 17.0 Å². The van der Waals surface area contributed by atoms with E-state index in [0.29, 0.717) is 12.2 Å². The predicted molar refractivity (Wildman–Crippen MR) is 156 cm³/mol. The standard InChI is InChI=1S/C32H39NO11/c1-19(34)39-18-28-29(40-20(2)35)30(41-21(3)36)31(42-22(4)37)32(44-28)43-27-8-6-5-7-24(27)17-23-9-11-25(12-10-23)33-15-13-26(38)14-16-33/h5-12,26,28-32,38H,13-18H2,1-4H3/t28-,29-,30+,31-,32-/m1/s1. The Morgan fingerprint density at radius 3 is 2.00 bits per heavy atom. The molecule has 2 aliphatic rings. The number of ether oxygens (including phenoxy) is 6. The molecule has 0 radical (unpaired) electrons. The van der Waals surface area contributed by atoms with Gasteiger partial charge < -0.3 is 38.4 Å². The van der Waals surface area contributed by atoms with E-state index < -0.39 is 54.6 Å². The average molecular weight is 614 g/mol. The number of hydrogen-bond acceptors (Lipinski definition) is 12. The second-order valence-corrected chi connectivity index (χ2v) is 10.9. The molecule has 2 aromatic carbocycles. The number of anilines is 1. The summed E-state index contributed by atoms with van der Waals surface area (Å²) in [5.41, 5.74) is 2.90. The smallest absolute Gasteiger partial charge is 0.303 e. The number of rotatable bonds is 10. The third-order valence-corrected chi connectivity index (χ3v) is 7.32. The summed E-state index contributed by atoms with van der Waals surface area (Å²) in [6.45, 7) is 5.97. The van der Waals surface area contributed by atoms with Crippen LogP contribution in [-0.2, 0) is 49.3 Å². The van der Waals surface area contributed by atoms with Gasteiger partial charge >= 0.3 is 23.9 Å². The van der Waals surface area contributed by atoms with Crippen molar-refractivity contribution >= 4 is 29.6 Å². The van der Waals surface area contributed by atoms with Gasteiger partial charge in [-0.1, -0.05) is 30.3 Å². The SMILES string of the molecule is CC(=O)OC[C@H]1O[C@@H](Oc2ccccc2Cc2ccc(N3CCC(O)CC3)cc2)[C@H](OC(C)=O)[C@@H](OC(C)=O)[C@@H]1OC(C)=O. The zero-order chi connectivity index (χ0) is 31.8. The number of aliphatic hydroxyl groups excluding tert-OH is 1. The van der Waals surface area contributed by atoms with Crippen molar-refractivity contribution < 1.29 is 52.7 Å². The maximum atomic E-state index is 12.2. The highest BCUT2D eigenvalue weighted by atomic mass is 16.7. The summed E-state index contributed by atoms with van der Waals surface area (Å²) in [7, 11) is 0. The minimum atomic E-state index is -1.33. The number of carbonyl (C=O) groups excluding carboxylic acids is 4. The first-order chi connectivity index (χ1) is 21.0. The lowest BCUT2D eigenvalue weighted by Crippen LogP contribution is -2.63. The van der Waals surface area contributed by atoms with Crippen LogP contribution < -0.4 is 9.64 Å². The molecule has 0 saturated carbocycles. The van der Waals surface area contributed by atoms with Crippen LogP contribution in [0.25, 0.3) is 0 Å². The minimum Gasteiger partial charge on any atom is -0.463 e. The Labute approximate surface area is 256 Å². The van der Waals surface area contributed by atoms with E-state index >= 15 is 0 Å². The maximum Gasteiger partial charge on any atom is 0.303 e. The van der Waals surface area contributed by atoms with Crippen LogP contribution in [0.4, 0.5) is 5.69 Å². The van der Waals surface area contributed by atoms with Crippen LogP contribution in [0.15, 0.2) is 48.5 Å². The molecule has 0 spiro atoms. The molecule has 5 atom stereocenters. The first-order valence-electron chi connectivity index (χ1n) is 14.6. The molecule has 2 fully saturated rings. The molecule has 2 saturated heterocycles. The fourth-order valence-electron chi connectivity index (χ4n) is 5.34. The van der Waals surface area contributed by atoms with E-state index in [1.54, 1.807) is 12.1 Å². The lowest BCUT2D eigenvalue weighted by atomic mass is 9.98. The van der Waals surface area contributed by atoms with Crippen molar-refractivity contribution in [2.45, 2.75) is 83.8 Å². The number of hydrogen-bond donors (Lipinski definition) is 1. The van der Waals surface area contributed by atoms with Gasteiger partial charge in [-0.2, -0.15) is 0 Å². The van der Waals surface area contributed by atoms with Gasteiger partial charge in [0.2, 0.25) is 12.4 Å². The van der Waals surface area contributed by atoms with Crippen molar-refractivity contribution in [1.82, 2.24) is 0 Å². The first-order valence-corrected chi connectivity index (χ1v) is 14.6. The Morgan fingerprint density at radius 1 is 0.795 bits per heavy atom. The summed E-state index contributed by atoms with van der Waals surface area (Å²) < 4.78 is 34.0. The zero-order valence-electron chi connectivity index (χ0n) is 25.3. The summed E-state index contributed by atoms with van der Waals surface area (Å²) >= 11 is 0. The molecule has 4 rings (SSSR count). The largest absolute Gasteiger partial charge is 0.463 e. The molecule has 0 aliphatic carbocycles. The number of aliphatic hydroxyl groups is 1. The van der Waals surface area contributed by atoms with E-state index in [-0.39, 0.29) is 12.7 Å². The van der Waals surface area contributed by atoms with Gasteiger partial charge in [0.15, 0.2) is 12.2 Å². The molecular formula is C32H39NO11. The van der Waals surface area contributed by atoms with Gasteiger partial charge in [0.05, 0.1) is 6.10 Å². The van der Waals surface area contributed by atoms with Crippen LogP contribution in [0.3, 0.4) is 0 Å². The second-order valence-electron chi connectivity index (χ2n) is 10.9. The monoisotopic (exact) mass is 613 g/mol. The highest BCUT2D eigenvalue weighted by Crippen LogP contribution is 2.33. The van der Waals surface area contributed by atoms with E-state index in [9.17, 15) is 24.3 Å².